The molecule has 1 aliphatic carbocycles. The molecule has 0 aromatic heterocycles. The van der Waals surface area contributed by atoms with Crippen molar-refractivity contribution in [2.24, 2.45) is 4.99 Å². The van der Waals surface area contributed by atoms with Gasteiger partial charge in [0.05, 0.1) is 26.2 Å². The molecule has 0 aliphatic heterocycles. The Morgan fingerprint density at radius 2 is 1.91 bits per heavy atom. The monoisotopic (exact) mass is 468 g/mol. The number of benzene rings is 1. The van der Waals surface area contributed by atoms with Crippen molar-refractivity contribution in [3.63, 3.8) is 0 Å². The number of nitrogens with zero attached hydrogens (tertiary/aromatic N) is 2. The molecule has 0 radical (unpaired) electrons. The minimum atomic E-state index is -4.95. The molecule has 2 atom stereocenters. The summed E-state index contributed by atoms with van der Waals surface area (Å²) in [5.41, 5.74) is -1.00. The first-order valence-electron chi connectivity index (χ1n) is 11.3. The standard InChI is InChI=1S/C25H35F3N2O3/c1-6-19(29-17-30(4)8-3)15-23(32-5)21(7-2)24(31,25(26,27)28)16-33-22-14-13-18-11-9-10-12-20(18)22/h9-12,15,17,22,31H,6-8,13-14,16H2,1-5H3/b19-15+,23-21-,29-17+. The lowest BCUT2D eigenvalue weighted by Gasteiger charge is -2.34. The summed E-state index contributed by atoms with van der Waals surface area (Å²) in [7, 11) is 3.14. The molecule has 0 amide bonds. The molecule has 0 heterocycles. The lowest BCUT2D eigenvalue weighted by atomic mass is 9.89. The van der Waals surface area contributed by atoms with Crippen LogP contribution in [-0.2, 0) is 15.9 Å². The molecule has 0 saturated heterocycles. The van der Waals surface area contributed by atoms with Gasteiger partial charge in [-0.05, 0) is 43.7 Å². The number of fused-ring (bicyclic) bond motifs is 1. The maximum atomic E-state index is 14.3. The van der Waals surface area contributed by atoms with Gasteiger partial charge in [-0.15, -0.1) is 0 Å². The molecule has 5 nitrogen and oxygen atoms in total. The molecular weight excluding hydrogens is 433 g/mol. The summed E-state index contributed by atoms with van der Waals surface area (Å²) in [4.78, 5) is 6.20. The maximum absolute atomic E-state index is 14.3. The smallest absolute Gasteiger partial charge is 0.423 e. The first kappa shape index (κ1) is 26.9. The van der Waals surface area contributed by atoms with Crippen LogP contribution in [0.25, 0.3) is 0 Å². The molecule has 1 aromatic carbocycles. The number of allylic oxidation sites excluding steroid dienone is 2. The van der Waals surface area contributed by atoms with Crippen molar-refractivity contribution in [2.45, 2.75) is 64.3 Å². The quantitative estimate of drug-likeness (QED) is 0.200. The molecule has 2 rings (SSSR count). The molecule has 1 N–H and O–H groups in total. The first-order valence-corrected chi connectivity index (χ1v) is 11.3. The van der Waals surface area contributed by atoms with Gasteiger partial charge in [-0.3, -0.25) is 0 Å². The van der Waals surface area contributed by atoms with E-state index in [0.29, 0.717) is 18.5 Å². The van der Waals surface area contributed by atoms with E-state index in [-0.39, 0.29) is 17.8 Å². The minimum absolute atomic E-state index is 0.0547. The van der Waals surface area contributed by atoms with Gasteiger partial charge in [0.2, 0.25) is 5.60 Å². The van der Waals surface area contributed by atoms with Crippen LogP contribution in [0.2, 0.25) is 0 Å². The molecule has 1 aromatic rings. The van der Waals surface area contributed by atoms with Crippen molar-refractivity contribution in [3.05, 3.63) is 58.5 Å². The van der Waals surface area contributed by atoms with E-state index in [9.17, 15) is 18.3 Å². The number of hydrogen-bond acceptors (Lipinski definition) is 4. The van der Waals surface area contributed by atoms with E-state index in [1.54, 1.807) is 13.3 Å². The molecule has 0 spiro atoms. The summed E-state index contributed by atoms with van der Waals surface area (Å²) in [5.74, 6) is -0.0547. The SMILES string of the molecule is CC\C(=C(/C=C(CC)/N=C/N(C)CC)OC)C(O)(COC1CCc2ccccc21)C(F)(F)F. The molecule has 8 heteroatoms. The number of rotatable bonds is 11. The van der Waals surface area contributed by atoms with Gasteiger partial charge in [-0.2, -0.15) is 13.2 Å². The molecule has 0 fully saturated rings. The molecule has 33 heavy (non-hydrogen) atoms. The maximum Gasteiger partial charge on any atom is 0.423 e. The van der Waals surface area contributed by atoms with Crippen molar-refractivity contribution in [3.8, 4) is 0 Å². The lowest BCUT2D eigenvalue weighted by molar-refractivity contribution is -0.264. The van der Waals surface area contributed by atoms with E-state index in [2.05, 4.69) is 4.99 Å². The Hall–Kier alpha value is -2.32. The third-order valence-corrected chi connectivity index (χ3v) is 5.99. The fourth-order valence-corrected chi connectivity index (χ4v) is 3.83. The van der Waals surface area contributed by atoms with Crippen LogP contribution in [0, 0.1) is 0 Å². The largest absolute Gasteiger partial charge is 0.497 e. The fourth-order valence-electron chi connectivity index (χ4n) is 3.83. The second kappa shape index (κ2) is 11.7. The van der Waals surface area contributed by atoms with Crippen LogP contribution in [0.15, 0.2) is 52.4 Å². The second-order valence-electron chi connectivity index (χ2n) is 8.10. The van der Waals surface area contributed by atoms with Gasteiger partial charge >= 0.3 is 6.18 Å². The predicted octanol–water partition coefficient (Wildman–Crippen LogP) is 5.57. The molecule has 0 saturated carbocycles. The van der Waals surface area contributed by atoms with Crippen LogP contribution in [-0.4, -0.2) is 55.4 Å². The normalized spacial score (nSPS) is 19.3. The van der Waals surface area contributed by atoms with Crippen molar-refractivity contribution >= 4 is 6.34 Å². The van der Waals surface area contributed by atoms with Gasteiger partial charge in [0.15, 0.2) is 0 Å². The Labute approximate surface area is 194 Å². The highest BCUT2D eigenvalue weighted by Crippen LogP contribution is 2.42. The topological polar surface area (TPSA) is 54.3 Å². The third kappa shape index (κ3) is 6.38. The third-order valence-electron chi connectivity index (χ3n) is 5.99. The Bertz CT molecular complexity index is 880. The average Bonchev–Trinajstić information content (AvgIpc) is 3.21. The van der Waals surface area contributed by atoms with Gasteiger partial charge in [-0.25, -0.2) is 4.99 Å². The average molecular weight is 469 g/mol. The zero-order valence-corrected chi connectivity index (χ0v) is 20.1. The number of alkyl halides is 3. The number of hydrogen-bond donors (Lipinski definition) is 1. The predicted molar refractivity (Wildman–Crippen MR) is 124 cm³/mol. The number of aliphatic hydroxyl groups is 1. The summed E-state index contributed by atoms with van der Waals surface area (Å²) in [6, 6.07) is 7.54. The number of aliphatic imine (C=N–C) groups is 1. The van der Waals surface area contributed by atoms with Gasteiger partial charge in [0.25, 0.3) is 0 Å². The Kier molecular flexibility index (Phi) is 9.55. The van der Waals surface area contributed by atoms with Gasteiger partial charge in [-0.1, -0.05) is 38.1 Å². The van der Waals surface area contributed by atoms with Gasteiger partial charge in [0.1, 0.15) is 5.76 Å². The van der Waals surface area contributed by atoms with Crippen LogP contribution in [0.4, 0.5) is 13.2 Å². The number of methoxy groups -OCH3 is 1. The summed E-state index contributed by atoms with van der Waals surface area (Å²) >= 11 is 0. The minimum Gasteiger partial charge on any atom is -0.497 e. The summed E-state index contributed by atoms with van der Waals surface area (Å²) < 4.78 is 53.8. The lowest BCUT2D eigenvalue weighted by Crippen LogP contribution is -2.51. The number of halogens is 3. The van der Waals surface area contributed by atoms with Crippen molar-refractivity contribution in [1.29, 1.82) is 0 Å². The van der Waals surface area contributed by atoms with Crippen molar-refractivity contribution in [1.82, 2.24) is 4.90 Å². The molecular formula is C25H35F3N2O3. The zero-order valence-electron chi connectivity index (χ0n) is 20.1. The summed E-state index contributed by atoms with van der Waals surface area (Å²) in [6.07, 6.45) is -0.645. The number of aryl methyl sites for hydroxylation is 1. The van der Waals surface area contributed by atoms with Crippen LogP contribution in [0.5, 0.6) is 0 Å². The first-order chi connectivity index (χ1) is 15.6. The van der Waals surface area contributed by atoms with E-state index < -0.39 is 24.5 Å². The highest BCUT2D eigenvalue weighted by Gasteiger charge is 2.57. The summed E-state index contributed by atoms with van der Waals surface area (Å²) in [6.45, 7) is 5.20. The van der Waals surface area contributed by atoms with Crippen LogP contribution < -0.4 is 0 Å². The zero-order chi connectivity index (χ0) is 24.6. The highest BCUT2D eigenvalue weighted by atomic mass is 19.4. The van der Waals surface area contributed by atoms with Gasteiger partial charge in [0, 0.05) is 30.9 Å². The fraction of sp³-hybridized carbons (Fsp3) is 0.560. The van der Waals surface area contributed by atoms with E-state index in [1.807, 2.05) is 50.1 Å². The van der Waals surface area contributed by atoms with Crippen molar-refractivity contribution < 1.29 is 27.8 Å². The Balaban J connectivity index is 2.42. The van der Waals surface area contributed by atoms with Crippen molar-refractivity contribution in [2.75, 3.05) is 27.3 Å². The number of ether oxygens (including phenoxy) is 2. The van der Waals surface area contributed by atoms with E-state index in [1.165, 1.54) is 13.2 Å². The van der Waals surface area contributed by atoms with E-state index >= 15 is 0 Å². The van der Waals surface area contributed by atoms with E-state index in [4.69, 9.17) is 9.47 Å². The Morgan fingerprint density at radius 3 is 2.48 bits per heavy atom. The molecule has 0 bridgehead atoms. The van der Waals surface area contributed by atoms with E-state index in [0.717, 1.165) is 24.1 Å². The Morgan fingerprint density at radius 1 is 1.21 bits per heavy atom. The van der Waals surface area contributed by atoms with Crippen LogP contribution >= 0.6 is 0 Å². The van der Waals surface area contributed by atoms with Crippen LogP contribution in [0.1, 0.15) is 57.3 Å². The summed E-state index contributed by atoms with van der Waals surface area (Å²) in [5, 5.41) is 11.0. The molecule has 2 unspecified atom stereocenters. The molecule has 1 aliphatic rings. The van der Waals surface area contributed by atoms with Crippen LogP contribution in [0.3, 0.4) is 0 Å². The van der Waals surface area contributed by atoms with Gasteiger partial charge < -0.3 is 19.5 Å². The second-order valence-corrected chi connectivity index (χ2v) is 8.10. The molecule has 184 valence electrons. The highest BCUT2D eigenvalue weighted by molar-refractivity contribution is 5.56.